The van der Waals surface area contributed by atoms with Crippen LogP contribution in [0.3, 0.4) is 0 Å². The van der Waals surface area contributed by atoms with Gasteiger partial charge in [0.25, 0.3) is 5.91 Å². The van der Waals surface area contributed by atoms with Crippen molar-refractivity contribution in [1.29, 1.82) is 0 Å². The van der Waals surface area contributed by atoms with Gasteiger partial charge in [-0.2, -0.15) is 0 Å². The third kappa shape index (κ3) is 5.06. The summed E-state index contributed by atoms with van der Waals surface area (Å²) in [6.07, 6.45) is 0.420. The molecular weight excluding hydrogens is 299 g/mol. The fourth-order valence-electron chi connectivity index (χ4n) is 1.79. The highest BCUT2D eigenvalue weighted by Gasteiger charge is 2.20. The normalized spacial score (nSPS) is 10.7. The number of thiocarbonyl (C=S) groups is 1. The summed E-state index contributed by atoms with van der Waals surface area (Å²) in [5.74, 6) is -0.726. The lowest BCUT2D eigenvalue weighted by molar-refractivity contribution is 0.0736. The van der Waals surface area contributed by atoms with Crippen molar-refractivity contribution in [3.63, 3.8) is 0 Å². The Labute approximate surface area is 128 Å². The van der Waals surface area contributed by atoms with Crippen LogP contribution in [0.1, 0.15) is 30.6 Å². The van der Waals surface area contributed by atoms with E-state index < -0.39 is 5.82 Å². The lowest BCUT2D eigenvalue weighted by Crippen LogP contribution is -2.37. The van der Waals surface area contributed by atoms with Crippen molar-refractivity contribution < 1.29 is 9.18 Å². The molecule has 1 amide bonds. The Hall–Kier alpha value is -1.20. The molecule has 20 heavy (non-hydrogen) atoms. The molecule has 0 aliphatic rings. The molecule has 0 spiro atoms. The highest BCUT2D eigenvalue weighted by atomic mass is 35.5. The first-order valence-corrected chi connectivity index (χ1v) is 7.12. The van der Waals surface area contributed by atoms with Gasteiger partial charge in [0.05, 0.1) is 10.6 Å². The number of amides is 1. The van der Waals surface area contributed by atoms with E-state index in [0.717, 1.165) is 6.07 Å². The lowest BCUT2D eigenvalue weighted by atomic mass is 10.1. The molecule has 6 heteroatoms. The Morgan fingerprint density at radius 1 is 1.50 bits per heavy atom. The molecule has 2 N–H and O–H groups in total. The van der Waals surface area contributed by atoms with Gasteiger partial charge in [-0.1, -0.05) is 37.7 Å². The second-order valence-corrected chi connectivity index (χ2v) is 5.95. The maximum Gasteiger partial charge on any atom is 0.256 e. The van der Waals surface area contributed by atoms with Crippen molar-refractivity contribution in [3.8, 4) is 0 Å². The first kappa shape index (κ1) is 16.9. The zero-order valence-electron chi connectivity index (χ0n) is 11.5. The summed E-state index contributed by atoms with van der Waals surface area (Å²) in [5.41, 5.74) is 5.47. The Morgan fingerprint density at radius 2 is 2.15 bits per heavy atom. The number of nitrogens with zero attached hydrogens (tertiary/aromatic N) is 1. The Kier molecular flexibility index (Phi) is 6.36. The fraction of sp³-hybridized carbons (Fsp3) is 0.429. The Bertz CT molecular complexity index is 508. The molecule has 0 aliphatic heterocycles. The van der Waals surface area contributed by atoms with Crippen molar-refractivity contribution in [1.82, 2.24) is 4.90 Å². The van der Waals surface area contributed by atoms with Gasteiger partial charge in [0.15, 0.2) is 0 Å². The minimum Gasteiger partial charge on any atom is -0.393 e. The van der Waals surface area contributed by atoms with Crippen LogP contribution in [-0.2, 0) is 0 Å². The van der Waals surface area contributed by atoms with E-state index in [9.17, 15) is 9.18 Å². The molecule has 1 aromatic rings. The Balaban J connectivity index is 2.93. The van der Waals surface area contributed by atoms with E-state index in [0.29, 0.717) is 24.5 Å². The van der Waals surface area contributed by atoms with Crippen LogP contribution in [-0.4, -0.2) is 28.9 Å². The van der Waals surface area contributed by atoms with Crippen LogP contribution in [0.4, 0.5) is 4.39 Å². The van der Waals surface area contributed by atoms with Crippen molar-refractivity contribution >= 4 is 34.7 Å². The zero-order chi connectivity index (χ0) is 15.3. The number of rotatable bonds is 6. The first-order valence-electron chi connectivity index (χ1n) is 6.34. The molecule has 0 saturated carbocycles. The largest absolute Gasteiger partial charge is 0.393 e. The highest BCUT2D eigenvalue weighted by molar-refractivity contribution is 7.80. The molecular formula is C14H18ClFN2OS. The Morgan fingerprint density at radius 3 is 2.65 bits per heavy atom. The third-order valence-electron chi connectivity index (χ3n) is 2.66. The molecule has 0 heterocycles. The van der Waals surface area contributed by atoms with E-state index in [4.69, 9.17) is 29.6 Å². The van der Waals surface area contributed by atoms with Crippen LogP contribution in [0, 0.1) is 11.7 Å². The van der Waals surface area contributed by atoms with Crippen molar-refractivity contribution in [2.75, 3.05) is 13.1 Å². The predicted molar refractivity (Wildman–Crippen MR) is 83.6 cm³/mol. The number of halogens is 2. The van der Waals surface area contributed by atoms with E-state index in [2.05, 4.69) is 0 Å². The number of nitrogens with two attached hydrogens (primary N) is 1. The summed E-state index contributed by atoms with van der Waals surface area (Å²) in [6.45, 7) is 4.87. The van der Waals surface area contributed by atoms with Crippen molar-refractivity contribution in [2.45, 2.75) is 20.3 Å². The molecule has 0 radical (unpaired) electrons. The average Bonchev–Trinajstić information content (AvgIpc) is 2.33. The number of carbonyl (C=O) groups excluding carboxylic acids is 1. The molecule has 0 aromatic heterocycles. The van der Waals surface area contributed by atoms with E-state index in [1.165, 1.54) is 12.1 Å². The van der Waals surface area contributed by atoms with Gasteiger partial charge in [0, 0.05) is 24.5 Å². The minimum atomic E-state index is -0.619. The van der Waals surface area contributed by atoms with Crippen LogP contribution >= 0.6 is 23.8 Å². The van der Waals surface area contributed by atoms with Crippen molar-refractivity contribution in [2.24, 2.45) is 11.7 Å². The van der Waals surface area contributed by atoms with E-state index in [-0.39, 0.29) is 22.4 Å². The molecule has 3 nitrogen and oxygen atoms in total. The average molecular weight is 317 g/mol. The fourth-order valence-corrected chi connectivity index (χ4v) is 2.05. The summed E-state index contributed by atoms with van der Waals surface area (Å²) >= 11 is 10.5. The second-order valence-electron chi connectivity index (χ2n) is 4.99. The van der Waals surface area contributed by atoms with E-state index in [1.54, 1.807) is 4.90 Å². The van der Waals surface area contributed by atoms with Gasteiger partial charge in [-0.05, 0) is 24.1 Å². The molecule has 1 rings (SSSR count). The molecule has 110 valence electrons. The molecule has 1 aromatic carbocycles. The van der Waals surface area contributed by atoms with Gasteiger partial charge in [0.1, 0.15) is 5.82 Å². The first-order chi connectivity index (χ1) is 9.31. The van der Waals surface area contributed by atoms with Crippen LogP contribution in [0.15, 0.2) is 18.2 Å². The molecule has 0 aliphatic carbocycles. The number of hydrogen-bond donors (Lipinski definition) is 1. The molecule has 0 atom stereocenters. The minimum absolute atomic E-state index is 0.0120. The van der Waals surface area contributed by atoms with Gasteiger partial charge in [-0.15, -0.1) is 0 Å². The number of carbonyl (C=O) groups is 1. The van der Waals surface area contributed by atoms with Crippen LogP contribution in [0.2, 0.25) is 5.02 Å². The summed E-state index contributed by atoms with van der Waals surface area (Å²) in [4.78, 5) is 14.3. The van der Waals surface area contributed by atoms with Gasteiger partial charge >= 0.3 is 0 Å². The van der Waals surface area contributed by atoms with Crippen LogP contribution in [0.25, 0.3) is 0 Å². The smallest absolute Gasteiger partial charge is 0.256 e. The maximum absolute atomic E-state index is 13.8. The summed E-state index contributed by atoms with van der Waals surface area (Å²) < 4.78 is 13.8. The third-order valence-corrected chi connectivity index (χ3v) is 3.10. The van der Waals surface area contributed by atoms with E-state index in [1.807, 2.05) is 13.8 Å². The lowest BCUT2D eigenvalue weighted by Gasteiger charge is -2.24. The number of hydrogen-bond acceptors (Lipinski definition) is 2. The maximum atomic E-state index is 13.8. The van der Waals surface area contributed by atoms with Crippen LogP contribution in [0.5, 0.6) is 0 Å². The summed E-state index contributed by atoms with van der Waals surface area (Å²) in [5, 5.41) is 0.262. The monoisotopic (exact) mass is 316 g/mol. The topological polar surface area (TPSA) is 46.3 Å². The number of benzene rings is 1. The summed E-state index contributed by atoms with van der Waals surface area (Å²) in [6, 6.07) is 4.03. The molecule has 0 unspecified atom stereocenters. The van der Waals surface area contributed by atoms with Crippen molar-refractivity contribution in [3.05, 3.63) is 34.6 Å². The quantitative estimate of drug-likeness (QED) is 0.819. The van der Waals surface area contributed by atoms with Gasteiger partial charge in [-0.3, -0.25) is 4.79 Å². The summed E-state index contributed by atoms with van der Waals surface area (Å²) in [7, 11) is 0. The SMILES string of the molecule is CC(C)CN(CCC(N)=S)C(=O)c1ccc(Cl)cc1F. The van der Waals surface area contributed by atoms with Gasteiger partial charge in [-0.25, -0.2) is 4.39 Å². The highest BCUT2D eigenvalue weighted by Crippen LogP contribution is 2.17. The van der Waals surface area contributed by atoms with Gasteiger partial charge in [0.2, 0.25) is 0 Å². The predicted octanol–water partition coefficient (Wildman–Crippen LogP) is 3.25. The van der Waals surface area contributed by atoms with Gasteiger partial charge < -0.3 is 10.6 Å². The molecule has 0 saturated heterocycles. The van der Waals surface area contributed by atoms with Crippen LogP contribution < -0.4 is 5.73 Å². The standard InChI is InChI=1S/C14H18ClFN2OS/c1-9(2)8-18(6-5-13(17)20)14(19)11-4-3-10(15)7-12(11)16/h3-4,7,9H,5-6,8H2,1-2H3,(H2,17,20). The molecule has 0 fully saturated rings. The van der Waals surface area contributed by atoms with E-state index >= 15 is 0 Å². The molecule has 0 bridgehead atoms. The zero-order valence-corrected chi connectivity index (χ0v) is 13.1. The second kappa shape index (κ2) is 7.55.